The molecule has 0 bridgehead atoms. The predicted octanol–water partition coefficient (Wildman–Crippen LogP) is 4.24. The molecular formula is C21H18BrClN4O6. The highest BCUT2D eigenvalue weighted by molar-refractivity contribution is 9.10. The predicted molar refractivity (Wildman–Crippen MR) is 126 cm³/mol. The topological polar surface area (TPSA) is 126 Å². The molecule has 0 saturated carbocycles. The van der Waals surface area contributed by atoms with Crippen LogP contribution in [0.1, 0.15) is 25.2 Å². The van der Waals surface area contributed by atoms with Crippen LogP contribution in [0.4, 0.5) is 5.69 Å². The molecule has 1 heterocycles. The van der Waals surface area contributed by atoms with E-state index in [0.717, 1.165) is 10.7 Å². The van der Waals surface area contributed by atoms with Crippen LogP contribution in [0.5, 0.6) is 5.75 Å². The molecule has 3 aromatic rings. The number of ether oxygens (including phenoxy) is 2. The number of aryl methyl sites for hydroxylation is 1. The molecule has 172 valence electrons. The van der Waals surface area contributed by atoms with Gasteiger partial charge in [0, 0.05) is 21.1 Å². The minimum atomic E-state index is -0.700. The van der Waals surface area contributed by atoms with E-state index >= 15 is 0 Å². The second-order valence-electron chi connectivity index (χ2n) is 7.11. The van der Waals surface area contributed by atoms with Crippen molar-refractivity contribution in [3.05, 3.63) is 71.7 Å². The summed E-state index contributed by atoms with van der Waals surface area (Å²) < 4.78 is 12.2. The highest BCUT2D eigenvalue weighted by Crippen LogP contribution is 2.33. The third-order valence-corrected chi connectivity index (χ3v) is 4.95. The van der Waals surface area contributed by atoms with Gasteiger partial charge in [-0.3, -0.25) is 14.9 Å². The number of nitrogens with zero attached hydrogens (tertiary/aromatic N) is 4. The van der Waals surface area contributed by atoms with E-state index in [9.17, 15) is 19.7 Å². The van der Waals surface area contributed by atoms with Crippen molar-refractivity contribution in [2.45, 2.75) is 26.9 Å². The lowest BCUT2D eigenvalue weighted by atomic mass is 10.2. The van der Waals surface area contributed by atoms with Crippen LogP contribution in [0, 0.1) is 17.0 Å². The Morgan fingerprint density at radius 3 is 2.76 bits per heavy atom. The van der Waals surface area contributed by atoms with Crippen molar-refractivity contribution in [3.63, 3.8) is 0 Å². The largest absolute Gasteiger partial charge is 0.474 e. The minimum absolute atomic E-state index is 0.0462. The Hall–Kier alpha value is -3.31. The zero-order chi connectivity index (χ0) is 24.3. The fourth-order valence-corrected chi connectivity index (χ4v) is 3.51. The van der Waals surface area contributed by atoms with E-state index in [1.165, 1.54) is 12.3 Å². The number of fused-ring (bicyclic) bond motifs is 1. The molecule has 0 aliphatic carbocycles. The van der Waals surface area contributed by atoms with Gasteiger partial charge in [-0.1, -0.05) is 27.5 Å². The summed E-state index contributed by atoms with van der Waals surface area (Å²) in [5, 5.41) is 16.1. The van der Waals surface area contributed by atoms with E-state index < -0.39 is 28.7 Å². The first kappa shape index (κ1) is 24.3. The maximum absolute atomic E-state index is 12.9. The van der Waals surface area contributed by atoms with Crippen molar-refractivity contribution in [2.75, 3.05) is 6.61 Å². The van der Waals surface area contributed by atoms with Gasteiger partial charge >= 0.3 is 11.7 Å². The molecule has 0 saturated heterocycles. The quantitative estimate of drug-likeness (QED) is 0.191. The van der Waals surface area contributed by atoms with E-state index in [2.05, 4.69) is 26.0 Å². The van der Waals surface area contributed by atoms with Gasteiger partial charge in [0.2, 0.25) is 5.75 Å². The summed E-state index contributed by atoms with van der Waals surface area (Å²) in [4.78, 5) is 40.0. The lowest BCUT2D eigenvalue weighted by Gasteiger charge is -2.12. The van der Waals surface area contributed by atoms with Gasteiger partial charge in [0.05, 0.1) is 28.1 Å². The SMILES string of the molecule is Cc1nc2ccc(Br)cc2c(=O)n1N=Cc1cc(Cl)cc([N+](=O)[O-])c1OCC(=O)OC(C)C. The van der Waals surface area contributed by atoms with Crippen LogP contribution in [-0.4, -0.2) is 39.5 Å². The average Bonchev–Trinajstić information content (AvgIpc) is 2.72. The fraction of sp³-hybridized carbons (Fsp3) is 0.238. The Morgan fingerprint density at radius 1 is 1.36 bits per heavy atom. The normalized spacial score (nSPS) is 11.3. The Bertz CT molecular complexity index is 1340. The van der Waals surface area contributed by atoms with Gasteiger partial charge in [0.15, 0.2) is 6.61 Å². The molecule has 0 aliphatic rings. The number of benzene rings is 2. The number of halogens is 2. The first-order valence-corrected chi connectivity index (χ1v) is 10.8. The van der Waals surface area contributed by atoms with Gasteiger partial charge in [-0.25, -0.2) is 9.78 Å². The average molecular weight is 538 g/mol. The summed E-state index contributed by atoms with van der Waals surface area (Å²) in [6, 6.07) is 7.54. The number of rotatable bonds is 7. The van der Waals surface area contributed by atoms with Crippen molar-refractivity contribution in [1.29, 1.82) is 0 Å². The highest BCUT2D eigenvalue weighted by Gasteiger charge is 2.22. The summed E-state index contributed by atoms with van der Waals surface area (Å²) >= 11 is 9.36. The smallest absolute Gasteiger partial charge is 0.344 e. The van der Waals surface area contributed by atoms with E-state index in [1.807, 2.05) is 0 Å². The summed E-state index contributed by atoms with van der Waals surface area (Å²) in [5.41, 5.74) is -0.314. The van der Waals surface area contributed by atoms with E-state index in [0.29, 0.717) is 21.2 Å². The molecule has 0 N–H and O–H groups in total. The molecule has 33 heavy (non-hydrogen) atoms. The van der Waals surface area contributed by atoms with E-state index in [1.54, 1.807) is 39.0 Å². The van der Waals surface area contributed by atoms with Gasteiger partial charge in [-0.05, 0) is 45.0 Å². The Labute approximate surface area is 201 Å². The zero-order valence-electron chi connectivity index (χ0n) is 17.7. The van der Waals surface area contributed by atoms with Gasteiger partial charge in [-0.15, -0.1) is 0 Å². The molecule has 0 unspecified atom stereocenters. The van der Waals surface area contributed by atoms with E-state index in [4.69, 9.17) is 21.1 Å². The number of hydrogen-bond acceptors (Lipinski definition) is 8. The van der Waals surface area contributed by atoms with Crippen LogP contribution < -0.4 is 10.3 Å². The summed E-state index contributed by atoms with van der Waals surface area (Å²) in [6.07, 6.45) is 0.805. The monoisotopic (exact) mass is 536 g/mol. The summed E-state index contributed by atoms with van der Waals surface area (Å²) in [5.74, 6) is -0.643. The van der Waals surface area contributed by atoms with Crippen LogP contribution in [0.3, 0.4) is 0 Å². The maximum Gasteiger partial charge on any atom is 0.344 e. The molecular weight excluding hydrogens is 520 g/mol. The lowest BCUT2D eigenvalue weighted by molar-refractivity contribution is -0.385. The zero-order valence-corrected chi connectivity index (χ0v) is 20.1. The number of aromatic nitrogens is 2. The van der Waals surface area contributed by atoms with E-state index in [-0.39, 0.29) is 22.4 Å². The molecule has 0 radical (unpaired) electrons. The first-order chi connectivity index (χ1) is 15.6. The van der Waals surface area contributed by atoms with Crippen LogP contribution in [0.15, 0.2) is 44.7 Å². The number of nitro groups is 1. The number of carbonyl (C=O) groups excluding carboxylic acids is 1. The van der Waals surface area contributed by atoms with Crippen LogP contribution in [0.25, 0.3) is 10.9 Å². The lowest BCUT2D eigenvalue weighted by Crippen LogP contribution is -2.21. The third-order valence-electron chi connectivity index (χ3n) is 4.24. The molecule has 0 aliphatic heterocycles. The van der Waals surface area contributed by atoms with Crippen molar-refractivity contribution < 1.29 is 19.2 Å². The van der Waals surface area contributed by atoms with Gasteiger partial charge < -0.3 is 9.47 Å². The second kappa shape index (κ2) is 10.1. The molecule has 0 fully saturated rings. The van der Waals surface area contributed by atoms with Crippen LogP contribution in [-0.2, 0) is 9.53 Å². The van der Waals surface area contributed by atoms with Crippen molar-refractivity contribution >= 4 is 56.3 Å². The standard InChI is InChI=1S/C21H18BrClN4O6/c1-11(2)33-19(28)10-32-20-13(6-15(23)8-18(20)27(30)31)9-24-26-12(3)25-17-5-4-14(22)7-16(17)21(26)29/h4-9,11H,10H2,1-3H3. The Balaban J connectivity index is 2.06. The summed E-state index contributed by atoms with van der Waals surface area (Å²) in [6.45, 7) is 4.36. The summed E-state index contributed by atoms with van der Waals surface area (Å²) in [7, 11) is 0. The fourth-order valence-electron chi connectivity index (χ4n) is 2.93. The van der Waals surface area contributed by atoms with Crippen molar-refractivity contribution in [1.82, 2.24) is 9.66 Å². The van der Waals surface area contributed by atoms with Crippen molar-refractivity contribution in [2.24, 2.45) is 5.10 Å². The minimum Gasteiger partial charge on any atom is -0.474 e. The van der Waals surface area contributed by atoms with Gasteiger partial charge in [-0.2, -0.15) is 9.78 Å². The van der Waals surface area contributed by atoms with Gasteiger partial charge in [0.25, 0.3) is 5.56 Å². The number of hydrogen-bond donors (Lipinski definition) is 0. The molecule has 12 heteroatoms. The molecule has 1 aromatic heterocycles. The molecule has 0 amide bonds. The first-order valence-electron chi connectivity index (χ1n) is 9.60. The third kappa shape index (κ3) is 5.74. The molecule has 0 spiro atoms. The van der Waals surface area contributed by atoms with Crippen LogP contribution >= 0.6 is 27.5 Å². The molecule has 10 nitrogen and oxygen atoms in total. The molecule has 3 rings (SSSR count). The maximum atomic E-state index is 12.9. The Morgan fingerprint density at radius 2 is 2.09 bits per heavy atom. The number of nitro benzene ring substituents is 1. The molecule has 2 aromatic carbocycles. The van der Waals surface area contributed by atoms with Crippen LogP contribution in [0.2, 0.25) is 5.02 Å². The Kier molecular flexibility index (Phi) is 7.44. The molecule has 0 atom stereocenters. The second-order valence-corrected chi connectivity index (χ2v) is 8.46. The number of carbonyl (C=O) groups is 1. The highest BCUT2D eigenvalue weighted by atomic mass is 79.9. The number of esters is 1. The van der Waals surface area contributed by atoms with Crippen molar-refractivity contribution in [3.8, 4) is 5.75 Å². The van der Waals surface area contributed by atoms with Gasteiger partial charge in [0.1, 0.15) is 5.82 Å².